The average Bonchev–Trinajstić information content (AvgIpc) is 2.47. The highest BCUT2D eigenvalue weighted by molar-refractivity contribution is 5.79. The minimum atomic E-state index is -0.235. The molecule has 0 spiro atoms. The van der Waals surface area contributed by atoms with Gasteiger partial charge in [0.05, 0.1) is 6.10 Å². The molecule has 2 rings (SSSR count). The summed E-state index contributed by atoms with van der Waals surface area (Å²) in [6.07, 6.45) is 2.81. The lowest BCUT2D eigenvalue weighted by atomic mass is 9.89. The molecule has 1 N–H and O–H groups in total. The van der Waals surface area contributed by atoms with Gasteiger partial charge in [-0.15, -0.1) is 0 Å². The first-order chi connectivity index (χ1) is 10.1. The number of hydrogen-bond acceptors (Lipinski definition) is 2. The minimum absolute atomic E-state index is 0.0210. The van der Waals surface area contributed by atoms with Crippen LogP contribution < -0.4 is 0 Å². The van der Waals surface area contributed by atoms with Crippen LogP contribution in [0.4, 0.5) is 0 Å². The van der Waals surface area contributed by atoms with Gasteiger partial charge < -0.3 is 10.0 Å². The third-order valence-corrected chi connectivity index (χ3v) is 4.10. The van der Waals surface area contributed by atoms with Gasteiger partial charge in [-0.1, -0.05) is 44.2 Å². The van der Waals surface area contributed by atoms with Crippen molar-refractivity contribution in [3.63, 3.8) is 0 Å². The number of likely N-dealkylation sites (tertiary alicyclic amines) is 1. The van der Waals surface area contributed by atoms with Crippen molar-refractivity contribution in [1.29, 1.82) is 0 Å². The van der Waals surface area contributed by atoms with Crippen molar-refractivity contribution in [2.45, 2.75) is 45.6 Å². The summed E-state index contributed by atoms with van der Waals surface area (Å²) < 4.78 is 0. The third kappa shape index (κ3) is 4.85. The Morgan fingerprint density at radius 2 is 1.86 bits per heavy atom. The molecule has 0 aromatic heterocycles. The first-order valence-electron chi connectivity index (χ1n) is 7.86. The molecule has 0 saturated carbocycles. The maximum absolute atomic E-state index is 12.8. The van der Waals surface area contributed by atoms with E-state index in [0.717, 1.165) is 12.8 Å². The smallest absolute Gasteiger partial charge is 0.226 e. The van der Waals surface area contributed by atoms with E-state index in [9.17, 15) is 9.90 Å². The Kier molecular flexibility index (Phi) is 5.80. The summed E-state index contributed by atoms with van der Waals surface area (Å²) in [4.78, 5) is 14.7. The number of aliphatic hydroxyl groups excluding tert-OH is 1. The maximum atomic E-state index is 12.8. The highest BCUT2D eigenvalue weighted by atomic mass is 16.3. The number of nitrogens with zero attached hydrogens (tertiary/aromatic N) is 1. The van der Waals surface area contributed by atoms with E-state index in [-0.39, 0.29) is 17.9 Å². The summed E-state index contributed by atoms with van der Waals surface area (Å²) in [6.45, 7) is 5.55. The van der Waals surface area contributed by atoms with E-state index >= 15 is 0 Å². The minimum Gasteiger partial charge on any atom is -0.393 e. The second kappa shape index (κ2) is 7.60. The SMILES string of the molecule is C[C](C)C[C@@H](Cc1ccccc1)C(=O)N1CCC(O)CC1. The standard InChI is InChI=1S/C18H26NO2/c1-14(2)12-16(13-15-6-4-3-5-7-15)18(21)19-10-8-17(20)9-11-19/h3-7,16-17,20H,8-13H2,1-2H3/t16-/m0/s1. The number of carbonyl (C=O) groups is 1. The van der Waals surface area contributed by atoms with E-state index in [1.165, 1.54) is 11.5 Å². The summed E-state index contributed by atoms with van der Waals surface area (Å²) in [5.74, 6) is 1.56. The maximum Gasteiger partial charge on any atom is 0.226 e. The fourth-order valence-corrected chi connectivity index (χ4v) is 2.98. The number of piperidine rings is 1. The van der Waals surface area contributed by atoms with Crippen molar-refractivity contribution in [2.24, 2.45) is 5.92 Å². The van der Waals surface area contributed by atoms with Crippen LogP contribution in [0.1, 0.15) is 38.7 Å². The van der Waals surface area contributed by atoms with Gasteiger partial charge in [-0.2, -0.15) is 0 Å². The molecule has 1 fully saturated rings. The summed E-state index contributed by atoms with van der Waals surface area (Å²) in [5.41, 5.74) is 1.22. The quantitative estimate of drug-likeness (QED) is 0.905. The Labute approximate surface area is 128 Å². The van der Waals surface area contributed by atoms with Crippen LogP contribution in [-0.2, 0) is 11.2 Å². The van der Waals surface area contributed by atoms with Gasteiger partial charge in [0.15, 0.2) is 0 Å². The van der Waals surface area contributed by atoms with Crippen LogP contribution in [0.15, 0.2) is 30.3 Å². The summed E-state index contributed by atoms with van der Waals surface area (Å²) in [7, 11) is 0. The molecule has 1 saturated heterocycles. The number of benzene rings is 1. The number of carbonyl (C=O) groups excluding carboxylic acids is 1. The Morgan fingerprint density at radius 3 is 2.43 bits per heavy atom. The first kappa shape index (κ1) is 16.0. The lowest BCUT2D eigenvalue weighted by Crippen LogP contribution is -2.43. The predicted octanol–water partition coefficient (Wildman–Crippen LogP) is 2.83. The van der Waals surface area contributed by atoms with Crippen molar-refractivity contribution in [3.8, 4) is 0 Å². The lowest BCUT2D eigenvalue weighted by Gasteiger charge is -2.33. The van der Waals surface area contributed by atoms with Gasteiger partial charge in [0.25, 0.3) is 0 Å². The largest absolute Gasteiger partial charge is 0.393 e. The molecule has 0 bridgehead atoms. The Morgan fingerprint density at radius 1 is 1.24 bits per heavy atom. The molecule has 1 aromatic rings. The number of aliphatic hydroxyl groups is 1. The zero-order chi connectivity index (χ0) is 15.2. The van der Waals surface area contributed by atoms with Gasteiger partial charge in [-0.3, -0.25) is 4.79 Å². The van der Waals surface area contributed by atoms with E-state index in [4.69, 9.17) is 0 Å². The Bertz CT molecular complexity index is 436. The molecule has 21 heavy (non-hydrogen) atoms. The summed E-state index contributed by atoms with van der Waals surface area (Å²) in [5, 5.41) is 9.59. The third-order valence-electron chi connectivity index (χ3n) is 4.10. The van der Waals surface area contributed by atoms with Crippen molar-refractivity contribution in [3.05, 3.63) is 41.8 Å². The van der Waals surface area contributed by atoms with E-state index < -0.39 is 0 Å². The monoisotopic (exact) mass is 288 g/mol. The van der Waals surface area contributed by atoms with Crippen molar-refractivity contribution >= 4 is 5.91 Å². The molecule has 1 aliphatic heterocycles. The molecular formula is C18H26NO2. The van der Waals surface area contributed by atoms with Gasteiger partial charge in [0, 0.05) is 19.0 Å². The molecule has 115 valence electrons. The lowest BCUT2D eigenvalue weighted by molar-refractivity contribution is -0.137. The normalized spacial score (nSPS) is 18.0. The summed E-state index contributed by atoms with van der Waals surface area (Å²) >= 11 is 0. The fraction of sp³-hybridized carbons (Fsp3) is 0.556. The number of rotatable bonds is 5. The average molecular weight is 288 g/mol. The topological polar surface area (TPSA) is 40.5 Å². The van der Waals surface area contributed by atoms with Crippen LogP contribution in [0, 0.1) is 11.8 Å². The molecule has 1 amide bonds. The van der Waals surface area contributed by atoms with Crippen LogP contribution in [0.2, 0.25) is 0 Å². The van der Waals surface area contributed by atoms with Gasteiger partial charge in [0.1, 0.15) is 0 Å². The van der Waals surface area contributed by atoms with E-state index in [1.807, 2.05) is 23.1 Å². The fourth-order valence-electron chi connectivity index (χ4n) is 2.98. The van der Waals surface area contributed by atoms with E-state index in [2.05, 4.69) is 26.0 Å². The molecule has 1 heterocycles. The number of amides is 1. The molecule has 3 nitrogen and oxygen atoms in total. The number of hydrogen-bond donors (Lipinski definition) is 1. The zero-order valence-corrected chi connectivity index (χ0v) is 13.1. The van der Waals surface area contributed by atoms with Gasteiger partial charge in [0.2, 0.25) is 5.91 Å². The van der Waals surface area contributed by atoms with E-state index in [0.29, 0.717) is 25.9 Å². The van der Waals surface area contributed by atoms with Crippen LogP contribution in [0.5, 0.6) is 0 Å². The molecule has 1 aliphatic rings. The molecular weight excluding hydrogens is 262 g/mol. The van der Waals surface area contributed by atoms with Crippen LogP contribution >= 0.6 is 0 Å². The zero-order valence-electron chi connectivity index (χ0n) is 13.1. The molecule has 1 aromatic carbocycles. The van der Waals surface area contributed by atoms with Crippen LogP contribution in [0.3, 0.4) is 0 Å². The van der Waals surface area contributed by atoms with E-state index in [1.54, 1.807) is 0 Å². The second-order valence-electron chi connectivity index (χ2n) is 6.35. The molecule has 0 aliphatic carbocycles. The van der Waals surface area contributed by atoms with Crippen molar-refractivity contribution in [1.82, 2.24) is 4.90 Å². The van der Waals surface area contributed by atoms with Crippen molar-refractivity contribution in [2.75, 3.05) is 13.1 Å². The molecule has 3 heteroatoms. The highest BCUT2D eigenvalue weighted by Crippen LogP contribution is 2.23. The molecule has 1 atom stereocenters. The van der Waals surface area contributed by atoms with Gasteiger partial charge in [-0.05, 0) is 37.2 Å². The van der Waals surface area contributed by atoms with Crippen molar-refractivity contribution < 1.29 is 9.90 Å². The van der Waals surface area contributed by atoms with Gasteiger partial charge >= 0.3 is 0 Å². The van der Waals surface area contributed by atoms with Crippen LogP contribution in [0.25, 0.3) is 0 Å². The molecule has 0 unspecified atom stereocenters. The second-order valence-corrected chi connectivity index (χ2v) is 6.35. The molecule has 1 radical (unpaired) electrons. The Hall–Kier alpha value is -1.35. The van der Waals surface area contributed by atoms with Gasteiger partial charge in [-0.25, -0.2) is 0 Å². The summed E-state index contributed by atoms with van der Waals surface area (Å²) in [6, 6.07) is 10.2. The highest BCUT2D eigenvalue weighted by Gasteiger charge is 2.28. The predicted molar refractivity (Wildman–Crippen MR) is 84.7 cm³/mol. The Balaban J connectivity index is 2.02. The van der Waals surface area contributed by atoms with Crippen LogP contribution in [-0.4, -0.2) is 35.1 Å². The first-order valence-corrected chi connectivity index (χ1v) is 7.86.